The first-order valence-corrected chi connectivity index (χ1v) is 7.25. The van der Waals surface area contributed by atoms with Crippen LogP contribution in [-0.4, -0.2) is 5.54 Å². The predicted molar refractivity (Wildman–Crippen MR) is 72.4 cm³/mol. The van der Waals surface area contributed by atoms with Gasteiger partial charge in [0.2, 0.25) is 0 Å². The van der Waals surface area contributed by atoms with Crippen LogP contribution in [0.1, 0.15) is 72.6 Å². The first-order valence-electron chi connectivity index (χ1n) is 7.25. The number of hydrogen-bond donors (Lipinski definition) is 1. The topological polar surface area (TPSA) is 26.0 Å². The maximum Gasteiger partial charge on any atom is 0.0157 e. The molecule has 2 N–H and O–H groups in total. The highest BCUT2D eigenvalue weighted by Gasteiger charge is 2.33. The van der Waals surface area contributed by atoms with Gasteiger partial charge in [-0.1, -0.05) is 40.5 Å². The lowest BCUT2D eigenvalue weighted by molar-refractivity contribution is 0.169. The molecule has 0 aliphatic heterocycles. The van der Waals surface area contributed by atoms with E-state index in [2.05, 4.69) is 27.7 Å². The van der Waals surface area contributed by atoms with Crippen molar-refractivity contribution in [3.05, 3.63) is 0 Å². The molecule has 0 bridgehead atoms. The average molecular weight is 225 g/mol. The minimum Gasteiger partial charge on any atom is -0.325 e. The van der Waals surface area contributed by atoms with Crippen molar-refractivity contribution >= 4 is 0 Å². The Hall–Kier alpha value is -0.0400. The highest BCUT2D eigenvalue weighted by atomic mass is 14.7. The molecule has 1 rings (SSSR count). The van der Waals surface area contributed by atoms with Crippen molar-refractivity contribution in [2.75, 3.05) is 0 Å². The standard InChI is InChI=1S/C15H31N/c1-5-6-13(4)11-15(16)9-7-14(8-10-15)12(2)3/h12-14H,5-11,16H2,1-4H3. The first-order chi connectivity index (χ1) is 7.47. The highest BCUT2D eigenvalue weighted by molar-refractivity contribution is 4.91. The third kappa shape index (κ3) is 4.08. The van der Waals surface area contributed by atoms with Gasteiger partial charge in [-0.15, -0.1) is 0 Å². The lowest BCUT2D eigenvalue weighted by Gasteiger charge is -2.40. The molecule has 0 radical (unpaired) electrons. The summed E-state index contributed by atoms with van der Waals surface area (Å²) in [6.45, 7) is 9.35. The van der Waals surface area contributed by atoms with Gasteiger partial charge in [0.25, 0.3) is 0 Å². The lowest BCUT2D eigenvalue weighted by atomic mass is 9.70. The normalized spacial score (nSPS) is 33.0. The van der Waals surface area contributed by atoms with Crippen LogP contribution < -0.4 is 5.73 Å². The summed E-state index contributed by atoms with van der Waals surface area (Å²) < 4.78 is 0. The Balaban J connectivity index is 2.37. The Morgan fingerprint density at radius 2 is 1.75 bits per heavy atom. The fraction of sp³-hybridized carbons (Fsp3) is 1.00. The van der Waals surface area contributed by atoms with E-state index in [-0.39, 0.29) is 5.54 Å². The molecular formula is C15H31N. The highest BCUT2D eigenvalue weighted by Crippen LogP contribution is 2.38. The molecule has 16 heavy (non-hydrogen) atoms. The molecule has 1 aliphatic rings. The van der Waals surface area contributed by atoms with Gasteiger partial charge in [-0.3, -0.25) is 0 Å². The summed E-state index contributed by atoms with van der Waals surface area (Å²) in [5.41, 5.74) is 6.72. The van der Waals surface area contributed by atoms with Crippen LogP contribution >= 0.6 is 0 Å². The molecule has 0 aromatic heterocycles. The summed E-state index contributed by atoms with van der Waals surface area (Å²) in [5, 5.41) is 0. The van der Waals surface area contributed by atoms with Crippen LogP contribution in [0.25, 0.3) is 0 Å². The number of rotatable bonds is 5. The van der Waals surface area contributed by atoms with E-state index in [0.29, 0.717) is 0 Å². The van der Waals surface area contributed by atoms with Crippen molar-refractivity contribution in [2.24, 2.45) is 23.5 Å². The van der Waals surface area contributed by atoms with Gasteiger partial charge in [0.15, 0.2) is 0 Å². The van der Waals surface area contributed by atoms with Gasteiger partial charge in [-0.2, -0.15) is 0 Å². The van der Waals surface area contributed by atoms with E-state index >= 15 is 0 Å². The third-order valence-electron chi connectivity index (χ3n) is 4.51. The van der Waals surface area contributed by atoms with Crippen molar-refractivity contribution in [1.82, 2.24) is 0 Å². The maximum absolute atomic E-state index is 6.55. The monoisotopic (exact) mass is 225 g/mol. The van der Waals surface area contributed by atoms with Gasteiger partial charge >= 0.3 is 0 Å². The first kappa shape index (κ1) is 14.0. The molecule has 0 amide bonds. The van der Waals surface area contributed by atoms with E-state index in [0.717, 1.165) is 17.8 Å². The Morgan fingerprint density at radius 3 is 2.19 bits per heavy atom. The summed E-state index contributed by atoms with van der Waals surface area (Å²) in [6, 6.07) is 0. The van der Waals surface area contributed by atoms with Crippen LogP contribution in [0.15, 0.2) is 0 Å². The molecule has 0 aromatic rings. The molecule has 1 aliphatic carbocycles. The number of hydrogen-bond acceptors (Lipinski definition) is 1. The maximum atomic E-state index is 6.55. The van der Waals surface area contributed by atoms with Crippen molar-refractivity contribution < 1.29 is 0 Å². The molecule has 1 unspecified atom stereocenters. The third-order valence-corrected chi connectivity index (χ3v) is 4.51. The quantitative estimate of drug-likeness (QED) is 0.739. The molecular weight excluding hydrogens is 194 g/mol. The van der Waals surface area contributed by atoms with E-state index in [1.807, 2.05) is 0 Å². The van der Waals surface area contributed by atoms with Crippen LogP contribution in [0.5, 0.6) is 0 Å². The van der Waals surface area contributed by atoms with Gasteiger partial charge in [0.05, 0.1) is 0 Å². The van der Waals surface area contributed by atoms with Gasteiger partial charge < -0.3 is 5.73 Å². The molecule has 96 valence electrons. The van der Waals surface area contributed by atoms with Gasteiger partial charge in [0.1, 0.15) is 0 Å². The molecule has 1 nitrogen and oxygen atoms in total. The van der Waals surface area contributed by atoms with E-state index in [9.17, 15) is 0 Å². The molecule has 0 saturated heterocycles. The van der Waals surface area contributed by atoms with Gasteiger partial charge in [-0.05, 0) is 49.9 Å². The molecule has 1 heteroatoms. The van der Waals surface area contributed by atoms with Crippen LogP contribution in [0.4, 0.5) is 0 Å². The Kier molecular flexibility index (Phi) is 5.30. The van der Waals surface area contributed by atoms with Crippen molar-refractivity contribution in [1.29, 1.82) is 0 Å². The summed E-state index contributed by atoms with van der Waals surface area (Å²) in [5.74, 6) is 2.58. The second-order valence-corrected chi connectivity index (χ2v) is 6.54. The van der Waals surface area contributed by atoms with Crippen LogP contribution in [0.2, 0.25) is 0 Å². The van der Waals surface area contributed by atoms with Crippen LogP contribution in [0, 0.1) is 17.8 Å². The van der Waals surface area contributed by atoms with Crippen molar-refractivity contribution in [2.45, 2.75) is 78.2 Å². The van der Waals surface area contributed by atoms with Crippen LogP contribution in [-0.2, 0) is 0 Å². The molecule has 0 aromatic carbocycles. The zero-order valence-electron chi connectivity index (χ0n) is 11.8. The van der Waals surface area contributed by atoms with Crippen molar-refractivity contribution in [3.63, 3.8) is 0 Å². The summed E-state index contributed by atoms with van der Waals surface area (Å²) in [7, 11) is 0. The fourth-order valence-electron chi connectivity index (χ4n) is 3.37. The smallest absolute Gasteiger partial charge is 0.0157 e. The van der Waals surface area contributed by atoms with Crippen molar-refractivity contribution in [3.8, 4) is 0 Å². The summed E-state index contributed by atoms with van der Waals surface area (Å²) in [6.07, 6.45) is 9.10. The van der Waals surface area contributed by atoms with E-state index in [4.69, 9.17) is 5.73 Å². The molecule has 0 spiro atoms. The largest absolute Gasteiger partial charge is 0.325 e. The van der Waals surface area contributed by atoms with Gasteiger partial charge in [-0.25, -0.2) is 0 Å². The second-order valence-electron chi connectivity index (χ2n) is 6.54. The van der Waals surface area contributed by atoms with Crippen LogP contribution in [0.3, 0.4) is 0 Å². The molecule has 0 heterocycles. The minimum absolute atomic E-state index is 0.167. The Morgan fingerprint density at radius 1 is 1.19 bits per heavy atom. The fourth-order valence-corrected chi connectivity index (χ4v) is 3.37. The SMILES string of the molecule is CCCC(C)CC1(N)CCC(C(C)C)CC1. The zero-order chi connectivity index (χ0) is 12.2. The van der Waals surface area contributed by atoms with E-state index < -0.39 is 0 Å². The van der Waals surface area contributed by atoms with E-state index in [1.54, 1.807) is 0 Å². The summed E-state index contributed by atoms with van der Waals surface area (Å²) in [4.78, 5) is 0. The molecule has 1 fully saturated rings. The van der Waals surface area contributed by atoms with Gasteiger partial charge in [0, 0.05) is 5.54 Å². The average Bonchev–Trinajstić information content (AvgIpc) is 2.17. The van der Waals surface area contributed by atoms with E-state index in [1.165, 1.54) is 44.9 Å². The predicted octanol–water partition coefficient (Wildman–Crippen LogP) is 4.36. The second kappa shape index (κ2) is 6.05. The molecule has 1 saturated carbocycles. The number of nitrogens with two attached hydrogens (primary N) is 1. The zero-order valence-corrected chi connectivity index (χ0v) is 11.8. The Labute approximate surface area is 102 Å². The molecule has 1 atom stereocenters. The lowest BCUT2D eigenvalue weighted by Crippen LogP contribution is -2.45. The summed E-state index contributed by atoms with van der Waals surface area (Å²) >= 11 is 0. The minimum atomic E-state index is 0.167. The Bertz CT molecular complexity index is 190.